The molecule has 0 spiro atoms. The first-order valence-electron chi connectivity index (χ1n) is 19.0. The molecule has 0 radical (unpaired) electrons. The molecule has 3 rings (SSSR count). The zero-order chi connectivity index (χ0) is 41.1. The Hall–Kier alpha value is -1.99. The molecule has 5 N–H and O–H groups in total. The number of carbonyl (C=O) groups excluding carboxylic acids is 2. The number of ketones is 1. The van der Waals surface area contributed by atoms with Crippen molar-refractivity contribution in [2.45, 2.75) is 172 Å². The largest absolute Gasteiger partial charge is 0.459 e. The van der Waals surface area contributed by atoms with Crippen LogP contribution in [0.5, 0.6) is 0 Å². The minimum atomic E-state index is -2.18. The molecule has 0 bridgehead atoms. The Bertz CT molecular complexity index is 1310. The second-order valence-corrected chi connectivity index (χ2v) is 16.8. The topological polar surface area (TPSA) is 243 Å². The van der Waals surface area contributed by atoms with E-state index in [1.165, 1.54) is 34.8 Å². The highest BCUT2D eigenvalue weighted by molar-refractivity contribution is 5.83. The molecule has 3 aliphatic heterocycles. The molecule has 0 aromatic rings. The van der Waals surface area contributed by atoms with Gasteiger partial charge in [-0.25, -0.2) is 0 Å². The van der Waals surface area contributed by atoms with Gasteiger partial charge < -0.3 is 58.9 Å². The summed E-state index contributed by atoms with van der Waals surface area (Å²) in [5, 5.41) is 61.5. The molecule has 0 aromatic heterocycles. The van der Waals surface area contributed by atoms with Crippen molar-refractivity contribution in [1.82, 2.24) is 4.90 Å². The van der Waals surface area contributed by atoms with Crippen molar-refractivity contribution in [2.75, 3.05) is 27.7 Å². The van der Waals surface area contributed by atoms with Gasteiger partial charge in [-0.2, -0.15) is 0 Å². The molecule has 0 saturated carbocycles. The third-order valence-electron chi connectivity index (χ3n) is 12.0. The molecule has 3 aliphatic rings. The van der Waals surface area contributed by atoms with Gasteiger partial charge in [0, 0.05) is 48.8 Å². The van der Waals surface area contributed by atoms with E-state index in [1.54, 1.807) is 27.7 Å². The SMILES string of the molecule is CO[C@]1(C)C[C@H](OC2[C@@H](C)C(=O)O[C@H](CCN=[N+]=[N-])[C@@](C)(O)[C@H](O)[C@@H](C)C(=O)[C@H](C)C[C@@](C)(O)[C@H](O[C@@H]3O[C@H](C)C[C@H](N(C)C)[C@H]3O)[C@H]2C)O[C@@H](C)[C@@H]1O. The number of rotatable bonds is 9. The van der Waals surface area contributed by atoms with Crippen molar-refractivity contribution in [1.29, 1.82) is 0 Å². The second kappa shape index (κ2) is 18.5. The lowest BCUT2D eigenvalue weighted by molar-refractivity contribution is -0.318. The van der Waals surface area contributed by atoms with Crippen LogP contribution >= 0.6 is 0 Å². The lowest BCUT2D eigenvalue weighted by Crippen LogP contribution is -2.61. The van der Waals surface area contributed by atoms with E-state index in [4.69, 9.17) is 34.0 Å². The fraction of sp³-hybridized carbons (Fsp3) is 0.946. The van der Waals surface area contributed by atoms with Gasteiger partial charge in [0.25, 0.3) is 0 Å². The Labute approximate surface area is 319 Å². The van der Waals surface area contributed by atoms with Crippen LogP contribution in [0, 0.1) is 23.7 Å². The Kier molecular flexibility index (Phi) is 15.9. The van der Waals surface area contributed by atoms with Gasteiger partial charge in [0.1, 0.15) is 29.7 Å². The van der Waals surface area contributed by atoms with Gasteiger partial charge in [0.05, 0.1) is 47.6 Å². The quantitative estimate of drug-likeness (QED) is 0.0976. The fourth-order valence-electron chi connectivity index (χ4n) is 8.48. The van der Waals surface area contributed by atoms with Crippen LogP contribution < -0.4 is 0 Å². The second-order valence-electron chi connectivity index (χ2n) is 16.8. The molecular formula is C37H66N4O13. The van der Waals surface area contributed by atoms with Crippen LogP contribution in [-0.2, 0) is 38.0 Å². The van der Waals surface area contributed by atoms with Gasteiger partial charge in [-0.05, 0) is 80.4 Å². The minimum Gasteiger partial charge on any atom is -0.459 e. The van der Waals surface area contributed by atoms with Crippen molar-refractivity contribution in [2.24, 2.45) is 28.8 Å². The molecule has 3 saturated heterocycles. The summed E-state index contributed by atoms with van der Waals surface area (Å²) in [4.78, 5) is 32.8. The summed E-state index contributed by atoms with van der Waals surface area (Å²) < 4.78 is 37.1. The number of aliphatic hydroxyl groups excluding tert-OH is 3. The lowest BCUT2D eigenvalue weighted by Gasteiger charge is -2.49. The van der Waals surface area contributed by atoms with Crippen molar-refractivity contribution in [3.63, 3.8) is 0 Å². The van der Waals surface area contributed by atoms with Crippen LogP contribution in [0.2, 0.25) is 0 Å². The number of methoxy groups -OCH3 is 1. The zero-order valence-electron chi connectivity index (χ0n) is 34.0. The molecule has 1 unspecified atom stereocenters. The highest BCUT2D eigenvalue weighted by atomic mass is 16.7. The molecule has 18 atom stereocenters. The number of cyclic esters (lactones) is 1. The van der Waals surface area contributed by atoms with Crippen LogP contribution in [0.1, 0.15) is 88.0 Å². The molecule has 3 fully saturated rings. The fourth-order valence-corrected chi connectivity index (χ4v) is 8.48. The van der Waals surface area contributed by atoms with Gasteiger partial charge in [0.15, 0.2) is 12.6 Å². The number of aliphatic hydroxyl groups is 5. The molecule has 54 heavy (non-hydrogen) atoms. The number of likely N-dealkylation sites (N-methyl/N-ethyl adjacent to an activating group) is 1. The Morgan fingerprint density at radius 1 is 0.944 bits per heavy atom. The van der Waals surface area contributed by atoms with Gasteiger partial charge in [0.2, 0.25) is 0 Å². The van der Waals surface area contributed by atoms with E-state index < -0.39 is 108 Å². The van der Waals surface area contributed by atoms with E-state index in [1.807, 2.05) is 25.9 Å². The third kappa shape index (κ3) is 10.3. The Morgan fingerprint density at radius 2 is 1.57 bits per heavy atom. The van der Waals surface area contributed by atoms with Crippen molar-refractivity contribution < 1.29 is 63.5 Å². The number of carbonyl (C=O) groups is 2. The predicted molar refractivity (Wildman–Crippen MR) is 195 cm³/mol. The summed E-state index contributed by atoms with van der Waals surface area (Å²) in [6.45, 7) is 14.1. The summed E-state index contributed by atoms with van der Waals surface area (Å²) in [6.07, 6.45) is -10.9. The van der Waals surface area contributed by atoms with E-state index >= 15 is 0 Å². The number of Topliss-reactive ketones (excluding diaryl/α,β-unsaturated/α-hetero) is 1. The van der Waals surface area contributed by atoms with Crippen LogP contribution in [0.3, 0.4) is 0 Å². The average Bonchev–Trinajstić information content (AvgIpc) is 3.09. The number of hydrogen-bond acceptors (Lipinski definition) is 15. The molecular weight excluding hydrogens is 708 g/mol. The normalized spacial score (nSPS) is 47.4. The monoisotopic (exact) mass is 774 g/mol. The Morgan fingerprint density at radius 3 is 2.15 bits per heavy atom. The molecule has 312 valence electrons. The summed E-state index contributed by atoms with van der Waals surface area (Å²) >= 11 is 0. The van der Waals surface area contributed by atoms with Gasteiger partial charge in [-0.15, -0.1) is 0 Å². The zero-order valence-corrected chi connectivity index (χ0v) is 34.0. The van der Waals surface area contributed by atoms with Crippen molar-refractivity contribution >= 4 is 11.8 Å². The smallest absolute Gasteiger partial charge is 0.311 e. The molecule has 0 aliphatic carbocycles. The number of esters is 1. The van der Waals surface area contributed by atoms with Gasteiger partial charge in [-0.3, -0.25) is 9.59 Å². The highest BCUT2D eigenvalue weighted by Crippen LogP contribution is 2.40. The molecule has 0 aromatic carbocycles. The standard InChI is InChI=1S/C37H66N4O13/c1-18-16-35(7,47)32(54-34-28(43)24(41(10)11)15-19(2)50-34)21(4)29(53-26-17-36(8,49-12)31(45)23(6)51-26)22(5)33(46)52-25(13-14-39-40-38)37(9,48)30(44)20(3)27(18)42/h18-26,28-32,34,43-45,47-48H,13-17H2,1-12H3/t18-,19-,20+,21+,22-,23+,24+,25-,26+,28-,29?,30-,31+,32-,34+,35-,36-,37-/m1/s1. The average molecular weight is 775 g/mol. The van der Waals surface area contributed by atoms with Crippen LogP contribution in [0.25, 0.3) is 10.4 Å². The molecule has 17 heteroatoms. The van der Waals surface area contributed by atoms with E-state index in [9.17, 15) is 35.1 Å². The number of nitrogens with zero attached hydrogens (tertiary/aromatic N) is 4. The maximum absolute atomic E-state index is 14.2. The van der Waals surface area contributed by atoms with E-state index in [0.29, 0.717) is 6.42 Å². The number of ether oxygens (including phenoxy) is 6. The highest BCUT2D eigenvalue weighted by Gasteiger charge is 2.53. The summed E-state index contributed by atoms with van der Waals surface area (Å²) in [7, 11) is 5.12. The van der Waals surface area contributed by atoms with Gasteiger partial charge >= 0.3 is 5.97 Å². The third-order valence-corrected chi connectivity index (χ3v) is 12.0. The molecule has 3 heterocycles. The molecule has 0 amide bonds. The van der Waals surface area contributed by atoms with Crippen LogP contribution in [-0.4, -0.2) is 154 Å². The maximum atomic E-state index is 14.2. The first-order valence-corrected chi connectivity index (χ1v) is 19.0. The van der Waals surface area contributed by atoms with Crippen LogP contribution in [0.4, 0.5) is 0 Å². The summed E-state index contributed by atoms with van der Waals surface area (Å²) in [5.41, 5.74) is 3.82. The van der Waals surface area contributed by atoms with E-state index in [0.717, 1.165) is 0 Å². The van der Waals surface area contributed by atoms with Gasteiger partial charge in [-0.1, -0.05) is 25.9 Å². The first-order chi connectivity index (χ1) is 24.9. The molecule has 17 nitrogen and oxygen atoms in total. The number of hydrogen-bond donors (Lipinski definition) is 5. The van der Waals surface area contributed by atoms with Crippen LogP contribution in [0.15, 0.2) is 5.11 Å². The Balaban J connectivity index is 2.21. The van der Waals surface area contributed by atoms with Crippen molar-refractivity contribution in [3.8, 4) is 0 Å². The minimum absolute atomic E-state index is 0.0491. The van der Waals surface area contributed by atoms with Crippen molar-refractivity contribution in [3.05, 3.63) is 10.4 Å². The maximum Gasteiger partial charge on any atom is 0.311 e. The van der Waals surface area contributed by atoms with E-state index in [2.05, 4.69) is 10.0 Å². The lowest BCUT2D eigenvalue weighted by atomic mass is 9.74. The summed E-state index contributed by atoms with van der Waals surface area (Å²) in [5.74, 6) is -5.50. The first kappa shape index (κ1) is 46.4. The van der Waals surface area contributed by atoms with E-state index in [-0.39, 0.29) is 38.0 Å². The summed E-state index contributed by atoms with van der Waals surface area (Å²) in [6, 6.07) is -0.355. The predicted octanol–water partition coefficient (Wildman–Crippen LogP) is 2.08. The number of azide groups is 1.